The summed E-state index contributed by atoms with van der Waals surface area (Å²) in [5.41, 5.74) is -0.0651. The van der Waals surface area contributed by atoms with Gasteiger partial charge in [0.25, 0.3) is 0 Å². The molecule has 1 atom stereocenters. The van der Waals surface area contributed by atoms with Crippen molar-refractivity contribution in [2.45, 2.75) is 84.3 Å². The molecule has 0 amide bonds. The molecule has 2 aliphatic rings. The number of aromatic nitrogens is 4. The molecule has 2 fully saturated rings. The molecule has 6 nitrogen and oxygen atoms in total. The van der Waals surface area contributed by atoms with Crippen LogP contribution in [0.15, 0.2) is 0 Å². The van der Waals surface area contributed by atoms with Crippen LogP contribution < -0.4 is 9.80 Å². The molecule has 0 spiro atoms. The van der Waals surface area contributed by atoms with E-state index in [1.165, 1.54) is 51.9 Å². The molecule has 1 saturated heterocycles. The fourth-order valence-electron chi connectivity index (χ4n) is 4.80. The molecule has 0 radical (unpaired) electrons. The maximum Gasteiger partial charge on any atom is 0.209 e. The Balaban J connectivity index is 1.73. The van der Waals surface area contributed by atoms with Crippen LogP contribution in [0, 0.1) is 5.92 Å². The van der Waals surface area contributed by atoms with Crippen LogP contribution in [-0.4, -0.2) is 52.4 Å². The van der Waals surface area contributed by atoms with E-state index in [-0.39, 0.29) is 5.54 Å². The van der Waals surface area contributed by atoms with Gasteiger partial charge in [0.2, 0.25) is 5.82 Å². The van der Waals surface area contributed by atoms with E-state index < -0.39 is 0 Å². The second kappa shape index (κ2) is 7.70. The van der Waals surface area contributed by atoms with E-state index in [1.807, 2.05) is 4.90 Å². The van der Waals surface area contributed by atoms with Crippen LogP contribution in [0.1, 0.15) is 78.6 Å². The van der Waals surface area contributed by atoms with E-state index in [0.717, 1.165) is 18.3 Å². The van der Waals surface area contributed by atoms with Gasteiger partial charge in [0.1, 0.15) is 26.2 Å². The van der Waals surface area contributed by atoms with Gasteiger partial charge >= 0.3 is 0 Å². The molecular formula is C19H38N6+2. The van der Waals surface area contributed by atoms with Crippen LogP contribution in [-0.2, 0) is 5.54 Å². The van der Waals surface area contributed by atoms with Gasteiger partial charge in [0.05, 0.1) is 11.6 Å². The first-order valence-electron chi connectivity index (χ1n) is 10.3. The van der Waals surface area contributed by atoms with Gasteiger partial charge in [-0.05, 0) is 62.8 Å². The standard InChI is InChI=1S/C19H36N6/c1-15(2)14-17(18-20-21-22-25(18)19(3,4)5)24-12-10-23(11-13-24)16-8-6-7-9-16/h15-17H,6-14H2,1-5H3/p+2/t17-/m1/s1. The topological polar surface area (TPSA) is 52.5 Å². The van der Waals surface area contributed by atoms with Gasteiger partial charge in [-0.15, -0.1) is 5.10 Å². The summed E-state index contributed by atoms with van der Waals surface area (Å²) in [6.45, 7) is 16.3. The van der Waals surface area contributed by atoms with Crippen LogP contribution in [0.5, 0.6) is 0 Å². The van der Waals surface area contributed by atoms with Gasteiger partial charge in [-0.1, -0.05) is 13.8 Å². The number of nitrogens with one attached hydrogen (secondary N) is 2. The van der Waals surface area contributed by atoms with Crippen molar-refractivity contribution in [1.29, 1.82) is 0 Å². The number of nitrogens with zero attached hydrogens (tertiary/aromatic N) is 4. The fraction of sp³-hybridized carbons (Fsp3) is 0.947. The molecule has 142 valence electrons. The molecule has 1 aromatic heterocycles. The van der Waals surface area contributed by atoms with Crippen molar-refractivity contribution in [1.82, 2.24) is 20.2 Å². The first-order valence-corrected chi connectivity index (χ1v) is 10.3. The second-order valence-corrected chi connectivity index (χ2v) is 9.60. The second-order valence-electron chi connectivity index (χ2n) is 9.60. The SMILES string of the molecule is CC(C)C[C@H](c1nnnn1C(C)(C)C)[NH+]1CC[NH+](C2CCCC2)CC1. The van der Waals surface area contributed by atoms with E-state index in [4.69, 9.17) is 0 Å². The molecule has 6 heteroatoms. The Bertz CT molecular complexity index is 532. The van der Waals surface area contributed by atoms with Crippen molar-refractivity contribution in [2.75, 3.05) is 26.2 Å². The number of quaternary nitrogens is 2. The van der Waals surface area contributed by atoms with Crippen molar-refractivity contribution in [3.8, 4) is 0 Å². The summed E-state index contributed by atoms with van der Waals surface area (Å²) in [5, 5.41) is 12.8. The van der Waals surface area contributed by atoms with Crippen LogP contribution in [0.25, 0.3) is 0 Å². The number of rotatable bonds is 5. The molecule has 1 saturated carbocycles. The molecule has 25 heavy (non-hydrogen) atoms. The summed E-state index contributed by atoms with van der Waals surface area (Å²) < 4.78 is 2.06. The zero-order valence-corrected chi connectivity index (χ0v) is 16.9. The zero-order chi connectivity index (χ0) is 18.0. The first kappa shape index (κ1) is 18.8. The molecule has 0 unspecified atom stereocenters. The highest BCUT2D eigenvalue weighted by atomic mass is 15.6. The minimum atomic E-state index is -0.0651. The molecular weight excluding hydrogens is 312 g/mol. The lowest BCUT2D eigenvalue weighted by atomic mass is 9.99. The van der Waals surface area contributed by atoms with Gasteiger partial charge in [-0.3, -0.25) is 0 Å². The molecule has 1 aromatic rings. The van der Waals surface area contributed by atoms with E-state index in [0.29, 0.717) is 12.0 Å². The van der Waals surface area contributed by atoms with Crippen LogP contribution in [0.4, 0.5) is 0 Å². The lowest BCUT2D eigenvalue weighted by Crippen LogP contribution is -3.29. The third-order valence-electron chi connectivity index (χ3n) is 6.11. The molecule has 2 N–H and O–H groups in total. The van der Waals surface area contributed by atoms with Crippen molar-refractivity contribution in [3.63, 3.8) is 0 Å². The number of tetrazole rings is 1. The maximum absolute atomic E-state index is 4.48. The lowest BCUT2D eigenvalue weighted by Gasteiger charge is -2.37. The lowest BCUT2D eigenvalue weighted by molar-refractivity contribution is -1.04. The van der Waals surface area contributed by atoms with Gasteiger partial charge in [-0.25, -0.2) is 4.68 Å². The minimum absolute atomic E-state index is 0.0651. The smallest absolute Gasteiger partial charge is 0.209 e. The normalized spacial score (nSPS) is 27.1. The molecule has 1 aliphatic heterocycles. The van der Waals surface area contributed by atoms with E-state index >= 15 is 0 Å². The maximum atomic E-state index is 4.48. The van der Waals surface area contributed by atoms with Crippen LogP contribution in [0.2, 0.25) is 0 Å². The Kier molecular flexibility index (Phi) is 5.78. The summed E-state index contributed by atoms with van der Waals surface area (Å²) in [5.74, 6) is 1.74. The summed E-state index contributed by atoms with van der Waals surface area (Å²) in [6.07, 6.45) is 6.94. The molecule has 0 bridgehead atoms. The van der Waals surface area contributed by atoms with Crippen LogP contribution in [0.3, 0.4) is 0 Å². The van der Waals surface area contributed by atoms with E-state index in [1.54, 1.807) is 4.90 Å². The Morgan fingerprint density at radius 2 is 1.72 bits per heavy atom. The predicted molar refractivity (Wildman–Crippen MR) is 98.7 cm³/mol. The molecule has 1 aliphatic carbocycles. The average molecular weight is 351 g/mol. The summed E-state index contributed by atoms with van der Waals surface area (Å²) in [7, 11) is 0. The van der Waals surface area contributed by atoms with Gasteiger partial charge in [-0.2, -0.15) is 0 Å². The van der Waals surface area contributed by atoms with Crippen LogP contribution >= 0.6 is 0 Å². The third-order valence-corrected chi connectivity index (χ3v) is 6.11. The van der Waals surface area contributed by atoms with Gasteiger partial charge in [0.15, 0.2) is 6.04 Å². The molecule has 3 rings (SSSR count). The Labute approximate surface area is 152 Å². The van der Waals surface area contributed by atoms with Crippen molar-refractivity contribution < 1.29 is 9.80 Å². The quantitative estimate of drug-likeness (QED) is 0.800. The highest BCUT2D eigenvalue weighted by Crippen LogP contribution is 2.21. The minimum Gasteiger partial charge on any atom is -0.323 e. The monoisotopic (exact) mass is 350 g/mol. The fourth-order valence-corrected chi connectivity index (χ4v) is 4.80. The van der Waals surface area contributed by atoms with Gasteiger partial charge in [0, 0.05) is 6.42 Å². The van der Waals surface area contributed by atoms with Crippen molar-refractivity contribution in [3.05, 3.63) is 5.82 Å². The predicted octanol–water partition coefficient (Wildman–Crippen LogP) is 0.241. The molecule has 2 heterocycles. The van der Waals surface area contributed by atoms with E-state index in [9.17, 15) is 0 Å². The largest absolute Gasteiger partial charge is 0.323 e. The average Bonchev–Trinajstić information content (AvgIpc) is 3.23. The highest BCUT2D eigenvalue weighted by molar-refractivity contribution is 4.92. The summed E-state index contributed by atoms with van der Waals surface area (Å²) >= 11 is 0. The Morgan fingerprint density at radius 3 is 2.28 bits per heavy atom. The third kappa shape index (κ3) is 4.40. The highest BCUT2D eigenvalue weighted by Gasteiger charge is 2.38. The number of hydrogen-bond donors (Lipinski definition) is 2. The van der Waals surface area contributed by atoms with E-state index in [2.05, 4.69) is 54.8 Å². The van der Waals surface area contributed by atoms with Crippen molar-refractivity contribution in [2.24, 2.45) is 5.92 Å². The Morgan fingerprint density at radius 1 is 1.08 bits per heavy atom. The summed E-state index contributed by atoms with van der Waals surface area (Å²) in [4.78, 5) is 3.55. The van der Waals surface area contributed by atoms with Gasteiger partial charge < -0.3 is 9.80 Å². The first-order chi connectivity index (χ1) is 11.9. The number of piperazine rings is 1. The molecule has 0 aromatic carbocycles. The van der Waals surface area contributed by atoms with Crippen molar-refractivity contribution >= 4 is 0 Å². The Hall–Kier alpha value is -1.01. The summed E-state index contributed by atoms with van der Waals surface area (Å²) in [6, 6.07) is 1.35. The number of hydrogen-bond acceptors (Lipinski definition) is 3. The zero-order valence-electron chi connectivity index (χ0n) is 16.9.